The molecule has 23 heteroatoms. The van der Waals surface area contributed by atoms with Gasteiger partial charge in [0, 0.05) is 48.9 Å². The van der Waals surface area contributed by atoms with Crippen LogP contribution in [0.3, 0.4) is 0 Å². The molecule has 0 saturated carbocycles. The molecule has 3 heterocycles. The fourth-order valence-electron chi connectivity index (χ4n) is 6.18. The van der Waals surface area contributed by atoms with E-state index in [2.05, 4.69) is 4.99 Å². The Balaban J connectivity index is 1.45. The minimum absolute atomic E-state index is 0.0741. The van der Waals surface area contributed by atoms with Crippen molar-refractivity contribution in [2.75, 3.05) is 13.2 Å². The Morgan fingerprint density at radius 3 is 2.25 bits per heavy atom. The average molecular weight is 798 g/mol. The number of esters is 1. The van der Waals surface area contributed by atoms with Crippen LogP contribution in [0.5, 0.6) is 23.0 Å². The van der Waals surface area contributed by atoms with E-state index in [1.54, 1.807) is 0 Å². The fraction of sp³-hybridized carbons (Fsp3) is 0.455. The molecule has 2 aromatic carbocycles. The maximum Gasteiger partial charge on any atom is 0.340 e. The van der Waals surface area contributed by atoms with Crippen molar-refractivity contribution in [1.29, 1.82) is 0 Å². The first-order chi connectivity index (χ1) is 26.2. The van der Waals surface area contributed by atoms with Crippen LogP contribution in [-0.2, 0) is 30.2 Å². The van der Waals surface area contributed by atoms with E-state index in [1.165, 1.54) is 6.07 Å². The number of carboxylic acid groups (broad SMARTS) is 1. The van der Waals surface area contributed by atoms with Crippen molar-refractivity contribution in [3.8, 4) is 34.3 Å². The van der Waals surface area contributed by atoms with E-state index in [4.69, 9.17) is 34.8 Å². The van der Waals surface area contributed by atoms with Crippen molar-refractivity contribution in [2.24, 2.45) is 16.5 Å². The number of fused-ring (bicyclic) bond motifs is 1. The number of aliphatic hydroxyl groups is 8. The van der Waals surface area contributed by atoms with E-state index in [0.717, 1.165) is 24.3 Å². The smallest absolute Gasteiger partial charge is 0.340 e. The Morgan fingerprint density at radius 1 is 0.911 bits per heavy atom. The third-order valence-electron chi connectivity index (χ3n) is 9.04. The molecular formula is C33H39N3O20. The number of hydrogen-bond donors (Lipinski definition) is 14. The highest BCUT2D eigenvalue weighted by Gasteiger charge is 2.65. The van der Waals surface area contributed by atoms with Crippen molar-refractivity contribution in [2.45, 2.75) is 79.9 Å². The standard InChI is InChI=1S/C33H39N3O20/c34-31(35)36-4-1-3-32(25(45)26(46)33(50,51)27(55-32)28(47)48)56-29(49)24-22(43)21(42)23(44)30(54-24)52-13-8-14(38)19-15(39)10-17(53-18(19)9-13)12-6-11(2-5-37)20(41)16(40)7-12/h6-10,21-27,30,37-38,40-46,50-51H,1-5H2,(H,47,48)(H4,34,35,36)/t21-,22-,23+,24-,25+,26+,27+,30+,32-/m0/s1. The zero-order chi connectivity index (χ0) is 41.4. The van der Waals surface area contributed by atoms with Gasteiger partial charge in [-0.2, -0.15) is 0 Å². The molecule has 16 N–H and O–H groups in total. The quantitative estimate of drug-likeness (QED) is 0.0205. The number of rotatable bonds is 12. The van der Waals surface area contributed by atoms with Crippen LogP contribution in [-0.4, -0.2) is 153 Å². The molecule has 23 nitrogen and oxygen atoms in total. The van der Waals surface area contributed by atoms with Gasteiger partial charge in [-0.05, 0) is 25.0 Å². The molecule has 1 aromatic heterocycles. The number of nitrogens with zero attached hydrogens (tertiary/aromatic N) is 1. The molecule has 0 bridgehead atoms. The lowest BCUT2D eigenvalue weighted by Gasteiger charge is -2.50. The first kappa shape index (κ1) is 41.8. The minimum Gasteiger partial charge on any atom is -0.507 e. The number of guanidine groups is 1. The maximum atomic E-state index is 13.6. The number of nitrogens with two attached hydrogens (primary N) is 2. The van der Waals surface area contributed by atoms with Gasteiger partial charge >= 0.3 is 11.9 Å². The van der Waals surface area contributed by atoms with E-state index in [9.17, 15) is 75.7 Å². The second kappa shape index (κ2) is 16.0. The Kier molecular flexibility index (Phi) is 12.0. The Morgan fingerprint density at radius 2 is 1.61 bits per heavy atom. The van der Waals surface area contributed by atoms with Crippen molar-refractivity contribution in [1.82, 2.24) is 0 Å². The highest BCUT2D eigenvalue weighted by molar-refractivity contribution is 5.86. The monoisotopic (exact) mass is 797 g/mol. The molecule has 2 saturated heterocycles. The third kappa shape index (κ3) is 7.98. The molecule has 0 unspecified atom stereocenters. The fourth-order valence-corrected chi connectivity index (χ4v) is 6.18. The van der Waals surface area contributed by atoms with Crippen LogP contribution in [0.25, 0.3) is 22.3 Å². The summed E-state index contributed by atoms with van der Waals surface area (Å²) in [7, 11) is 0. The Hall–Kier alpha value is -5.34. The molecule has 306 valence electrons. The number of phenols is 3. The second-order valence-corrected chi connectivity index (χ2v) is 12.9. The zero-order valence-corrected chi connectivity index (χ0v) is 28.8. The molecule has 9 atom stereocenters. The number of carboxylic acids is 1. The van der Waals surface area contributed by atoms with E-state index >= 15 is 0 Å². The number of aliphatic carboxylic acids is 1. The number of aliphatic imine (C=N–C) groups is 1. The normalized spacial score (nSPS) is 28.7. The van der Waals surface area contributed by atoms with E-state index in [1.807, 2.05) is 0 Å². The van der Waals surface area contributed by atoms with Crippen LogP contribution in [0.4, 0.5) is 0 Å². The van der Waals surface area contributed by atoms with E-state index in [0.29, 0.717) is 0 Å². The molecular weight excluding hydrogens is 758 g/mol. The number of aliphatic hydroxyl groups excluding tert-OH is 6. The number of ether oxygens (including phenoxy) is 4. The topological polar surface area (TPSA) is 408 Å². The van der Waals surface area contributed by atoms with Crippen molar-refractivity contribution >= 4 is 28.9 Å². The summed E-state index contributed by atoms with van der Waals surface area (Å²) in [5, 5.41) is 124. The Labute approximate surface area is 313 Å². The number of benzene rings is 2. The number of hydrogen-bond acceptors (Lipinski definition) is 20. The maximum absolute atomic E-state index is 13.6. The summed E-state index contributed by atoms with van der Waals surface area (Å²) in [6.07, 6.45) is -20.4. The predicted octanol–water partition coefficient (Wildman–Crippen LogP) is -4.52. The van der Waals surface area contributed by atoms with E-state index in [-0.39, 0.29) is 53.2 Å². The molecule has 0 aliphatic carbocycles. The molecule has 5 rings (SSSR count). The van der Waals surface area contributed by atoms with Gasteiger partial charge in [0.15, 0.2) is 35.1 Å². The second-order valence-electron chi connectivity index (χ2n) is 12.9. The number of carbonyl (C=O) groups is 2. The van der Waals surface area contributed by atoms with Gasteiger partial charge in [-0.25, -0.2) is 9.59 Å². The van der Waals surface area contributed by atoms with Crippen LogP contribution in [0.1, 0.15) is 18.4 Å². The minimum atomic E-state index is -3.62. The molecule has 0 radical (unpaired) electrons. The summed E-state index contributed by atoms with van der Waals surface area (Å²) in [4.78, 5) is 42.2. The summed E-state index contributed by atoms with van der Waals surface area (Å²) in [5.74, 6) is -13.2. The molecule has 2 aliphatic heterocycles. The van der Waals surface area contributed by atoms with Crippen LogP contribution in [0, 0.1) is 0 Å². The van der Waals surface area contributed by atoms with Crippen LogP contribution in [0.2, 0.25) is 0 Å². The SMILES string of the molecule is NC(N)=NCCC[C@@]1(OC(=O)[C@H]2O[C@@H](Oc3cc(O)c4c(=O)cc(-c5cc(O)c(O)c(CCO)c5)oc4c3)[C@H](O)[C@@H](O)[C@@H]2O)O[C@H](C(=O)O)C(O)(O)[C@H](O)[C@H]1O. The summed E-state index contributed by atoms with van der Waals surface area (Å²) in [6.45, 7) is -0.646. The summed E-state index contributed by atoms with van der Waals surface area (Å²) in [6, 6.07) is 5.25. The molecule has 3 aromatic rings. The number of carbonyl (C=O) groups excluding carboxylic acids is 1. The lowest BCUT2D eigenvalue weighted by molar-refractivity contribution is -0.411. The van der Waals surface area contributed by atoms with Crippen LogP contribution in [0.15, 0.2) is 44.5 Å². The Bertz CT molecular complexity index is 2050. The summed E-state index contributed by atoms with van der Waals surface area (Å²) in [5.41, 5.74) is 9.64. The molecule has 2 aliphatic rings. The van der Waals surface area contributed by atoms with Crippen molar-refractivity contribution < 1.29 is 94.2 Å². The number of aromatic hydroxyl groups is 3. The lowest BCUT2D eigenvalue weighted by Crippen LogP contribution is -2.73. The van der Waals surface area contributed by atoms with Crippen LogP contribution >= 0.6 is 0 Å². The van der Waals surface area contributed by atoms with Gasteiger partial charge in [0.05, 0.1) is 0 Å². The van der Waals surface area contributed by atoms with Gasteiger partial charge in [-0.3, -0.25) is 9.79 Å². The predicted molar refractivity (Wildman–Crippen MR) is 181 cm³/mol. The van der Waals surface area contributed by atoms with E-state index < -0.39 is 114 Å². The van der Waals surface area contributed by atoms with Crippen LogP contribution < -0.4 is 21.6 Å². The third-order valence-corrected chi connectivity index (χ3v) is 9.04. The van der Waals surface area contributed by atoms with Crippen molar-refractivity contribution in [3.05, 3.63) is 46.1 Å². The first-order valence-corrected chi connectivity index (χ1v) is 16.5. The molecule has 0 spiro atoms. The molecule has 2 fully saturated rings. The highest BCUT2D eigenvalue weighted by atomic mass is 16.8. The lowest BCUT2D eigenvalue weighted by atomic mass is 9.87. The first-order valence-electron chi connectivity index (χ1n) is 16.5. The highest BCUT2D eigenvalue weighted by Crippen LogP contribution is 2.41. The van der Waals surface area contributed by atoms with Gasteiger partial charge in [-0.15, -0.1) is 0 Å². The van der Waals surface area contributed by atoms with Gasteiger partial charge in [0.2, 0.25) is 24.0 Å². The summed E-state index contributed by atoms with van der Waals surface area (Å²) >= 11 is 0. The average Bonchev–Trinajstić information content (AvgIpc) is 3.12. The van der Waals surface area contributed by atoms with Crippen molar-refractivity contribution in [3.63, 3.8) is 0 Å². The zero-order valence-electron chi connectivity index (χ0n) is 28.8. The van der Waals surface area contributed by atoms with Gasteiger partial charge in [0.1, 0.15) is 52.6 Å². The van der Waals surface area contributed by atoms with Gasteiger partial charge < -0.3 is 96.1 Å². The largest absolute Gasteiger partial charge is 0.507 e. The van der Waals surface area contributed by atoms with Gasteiger partial charge in [-0.1, -0.05) is 0 Å². The molecule has 56 heavy (non-hydrogen) atoms. The molecule has 0 amide bonds. The summed E-state index contributed by atoms with van der Waals surface area (Å²) < 4.78 is 27.3. The van der Waals surface area contributed by atoms with Gasteiger partial charge in [0.25, 0.3) is 0 Å². The number of phenolic OH excluding ortho intramolecular Hbond substituents is 3.